The van der Waals surface area contributed by atoms with Gasteiger partial charge in [0, 0.05) is 12.1 Å². The third-order valence-corrected chi connectivity index (χ3v) is 3.32. The van der Waals surface area contributed by atoms with E-state index in [1.54, 1.807) is 11.0 Å². The van der Waals surface area contributed by atoms with Gasteiger partial charge in [-0.05, 0) is 28.8 Å². The smallest absolute Gasteiger partial charge is 0.363 e. The Morgan fingerprint density at radius 2 is 2.16 bits per heavy atom. The summed E-state index contributed by atoms with van der Waals surface area (Å²) in [6, 6.07) is 3.05. The topological polar surface area (TPSA) is 96.6 Å². The fourth-order valence-corrected chi connectivity index (χ4v) is 2.45. The first-order valence-electron chi connectivity index (χ1n) is 6.17. The van der Waals surface area contributed by atoms with Gasteiger partial charge in [-0.1, -0.05) is 12.8 Å². The molecule has 1 fully saturated rings. The van der Waals surface area contributed by atoms with Crippen molar-refractivity contribution >= 4 is 17.5 Å². The van der Waals surface area contributed by atoms with E-state index in [-0.39, 0.29) is 18.4 Å². The van der Waals surface area contributed by atoms with Crippen molar-refractivity contribution in [3.8, 4) is 0 Å². The predicted octanol–water partition coefficient (Wildman–Crippen LogP) is 1.82. The Bertz CT molecular complexity index is 468. The summed E-state index contributed by atoms with van der Waals surface area (Å²) in [4.78, 5) is 26.4. The second-order valence-corrected chi connectivity index (χ2v) is 4.59. The molecular formula is C12H15N3O4. The summed E-state index contributed by atoms with van der Waals surface area (Å²) in [5.74, 6) is -1.14. The third-order valence-electron chi connectivity index (χ3n) is 3.32. The van der Waals surface area contributed by atoms with Gasteiger partial charge in [-0.3, -0.25) is 4.79 Å². The zero-order valence-corrected chi connectivity index (χ0v) is 10.4. The van der Waals surface area contributed by atoms with Crippen molar-refractivity contribution in [3.05, 3.63) is 28.4 Å². The van der Waals surface area contributed by atoms with Crippen LogP contribution in [0.3, 0.4) is 0 Å². The highest BCUT2D eigenvalue weighted by atomic mass is 16.6. The molecule has 19 heavy (non-hydrogen) atoms. The van der Waals surface area contributed by atoms with E-state index in [4.69, 9.17) is 5.11 Å². The zero-order valence-electron chi connectivity index (χ0n) is 10.4. The second-order valence-electron chi connectivity index (χ2n) is 4.59. The van der Waals surface area contributed by atoms with Gasteiger partial charge in [-0.15, -0.1) is 0 Å². The SMILES string of the molecule is O=C(O)CN(c1ccc([N+](=O)[O-])nc1)C1CCCC1. The van der Waals surface area contributed by atoms with E-state index in [2.05, 4.69) is 4.98 Å². The van der Waals surface area contributed by atoms with Crippen LogP contribution in [0, 0.1) is 10.1 Å². The lowest BCUT2D eigenvalue weighted by Crippen LogP contribution is -2.37. The molecule has 0 radical (unpaired) electrons. The number of carboxylic acids is 1. The predicted molar refractivity (Wildman–Crippen MR) is 68.1 cm³/mol. The maximum absolute atomic E-state index is 10.9. The van der Waals surface area contributed by atoms with E-state index in [0.29, 0.717) is 5.69 Å². The summed E-state index contributed by atoms with van der Waals surface area (Å²) in [5, 5.41) is 19.5. The quantitative estimate of drug-likeness (QED) is 0.644. The zero-order chi connectivity index (χ0) is 13.8. The number of aliphatic carboxylic acids is 1. The average Bonchev–Trinajstić information content (AvgIpc) is 2.89. The number of rotatable bonds is 5. The minimum absolute atomic E-state index is 0.107. The number of nitrogens with zero attached hydrogens (tertiary/aromatic N) is 3. The molecule has 1 heterocycles. The molecule has 0 bridgehead atoms. The number of hydrogen-bond acceptors (Lipinski definition) is 5. The van der Waals surface area contributed by atoms with Gasteiger partial charge in [0.1, 0.15) is 6.54 Å². The number of carboxylic acid groups (broad SMARTS) is 1. The van der Waals surface area contributed by atoms with Gasteiger partial charge >= 0.3 is 11.8 Å². The number of pyridine rings is 1. The van der Waals surface area contributed by atoms with Crippen LogP contribution in [0.25, 0.3) is 0 Å². The van der Waals surface area contributed by atoms with Crippen molar-refractivity contribution in [2.24, 2.45) is 0 Å². The summed E-state index contributed by atoms with van der Waals surface area (Å²) >= 11 is 0. The first-order chi connectivity index (χ1) is 9.08. The molecule has 0 unspecified atom stereocenters. The standard InChI is InChI=1S/C12H15N3O4/c16-12(17)8-14(9-3-1-2-4-9)10-5-6-11(13-7-10)15(18)19/h5-7,9H,1-4,8H2,(H,16,17). The van der Waals surface area contributed by atoms with Crippen LogP contribution in [0.2, 0.25) is 0 Å². The lowest BCUT2D eigenvalue weighted by molar-refractivity contribution is -0.389. The van der Waals surface area contributed by atoms with Gasteiger partial charge in [0.25, 0.3) is 0 Å². The Morgan fingerprint density at radius 3 is 2.63 bits per heavy atom. The summed E-state index contributed by atoms with van der Waals surface area (Å²) in [7, 11) is 0. The summed E-state index contributed by atoms with van der Waals surface area (Å²) in [6.07, 6.45) is 5.44. The molecule has 102 valence electrons. The Labute approximate surface area is 110 Å². The molecule has 2 rings (SSSR count). The van der Waals surface area contributed by atoms with Crippen molar-refractivity contribution in [2.75, 3.05) is 11.4 Å². The minimum atomic E-state index is -0.912. The van der Waals surface area contributed by atoms with Crippen LogP contribution in [0.1, 0.15) is 25.7 Å². The maximum atomic E-state index is 10.9. The maximum Gasteiger partial charge on any atom is 0.363 e. The lowest BCUT2D eigenvalue weighted by Gasteiger charge is -2.28. The highest BCUT2D eigenvalue weighted by molar-refractivity contribution is 5.74. The molecule has 0 aromatic carbocycles. The van der Waals surface area contributed by atoms with E-state index < -0.39 is 10.9 Å². The van der Waals surface area contributed by atoms with Gasteiger partial charge in [0.05, 0.1) is 5.69 Å². The molecule has 7 heteroatoms. The minimum Gasteiger partial charge on any atom is -0.480 e. The van der Waals surface area contributed by atoms with Crippen molar-refractivity contribution in [2.45, 2.75) is 31.7 Å². The first-order valence-corrected chi connectivity index (χ1v) is 6.17. The molecule has 1 aliphatic carbocycles. The summed E-state index contributed by atoms with van der Waals surface area (Å²) in [6.45, 7) is -0.107. The molecular weight excluding hydrogens is 250 g/mol. The number of aromatic nitrogens is 1. The summed E-state index contributed by atoms with van der Waals surface area (Å²) < 4.78 is 0. The monoisotopic (exact) mass is 265 g/mol. The largest absolute Gasteiger partial charge is 0.480 e. The number of anilines is 1. The Hall–Kier alpha value is -2.18. The fraction of sp³-hybridized carbons (Fsp3) is 0.500. The molecule has 0 atom stereocenters. The van der Waals surface area contributed by atoms with Gasteiger partial charge in [-0.2, -0.15) is 0 Å². The van der Waals surface area contributed by atoms with Crippen LogP contribution >= 0.6 is 0 Å². The highest BCUT2D eigenvalue weighted by Crippen LogP contribution is 2.28. The number of hydrogen-bond donors (Lipinski definition) is 1. The molecule has 7 nitrogen and oxygen atoms in total. The Balaban J connectivity index is 2.21. The molecule has 1 aliphatic rings. The van der Waals surface area contributed by atoms with E-state index in [0.717, 1.165) is 25.7 Å². The molecule has 0 saturated heterocycles. The van der Waals surface area contributed by atoms with E-state index in [1.807, 2.05) is 0 Å². The van der Waals surface area contributed by atoms with E-state index >= 15 is 0 Å². The summed E-state index contributed by atoms with van der Waals surface area (Å²) in [5.41, 5.74) is 0.625. The second kappa shape index (κ2) is 5.64. The number of carbonyl (C=O) groups is 1. The molecule has 1 aromatic rings. The van der Waals surface area contributed by atoms with Crippen LogP contribution in [0.5, 0.6) is 0 Å². The molecule has 0 spiro atoms. The Kier molecular flexibility index (Phi) is 3.94. The molecule has 0 aliphatic heterocycles. The van der Waals surface area contributed by atoms with Gasteiger partial charge in [0.2, 0.25) is 0 Å². The average molecular weight is 265 g/mol. The van der Waals surface area contributed by atoms with Crippen LogP contribution in [0.15, 0.2) is 18.3 Å². The van der Waals surface area contributed by atoms with Gasteiger partial charge in [-0.25, -0.2) is 0 Å². The molecule has 1 saturated carbocycles. The molecule has 1 N–H and O–H groups in total. The van der Waals surface area contributed by atoms with Crippen molar-refractivity contribution in [1.82, 2.24) is 4.98 Å². The van der Waals surface area contributed by atoms with Gasteiger partial charge < -0.3 is 20.1 Å². The normalized spacial score (nSPS) is 15.4. The lowest BCUT2D eigenvalue weighted by atomic mass is 10.2. The van der Waals surface area contributed by atoms with Crippen LogP contribution in [-0.4, -0.2) is 33.6 Å². The van der Waals surface area contributed by atoms with Crippen molar-refractivity contribution < 1.29 is 14.8 Å². The van der Waals surface area contributed by atoms with Crippen molar-refractivity contribution in [3.63, 3.8) is 0 Å². The highest BCUT2D eigenvalue weighted by Gasteiger charge is 2.25. The first kappa shape index (κ1) is 13.3. The van der Waals surface area contributed by atoms with Crippen molar-refractivity contribution in [1.29, 1.82) is 0 Å². The number of nitro groups is 1. The van der Waals surface area contributed by atoms with E-state index in [9.17, 15) is 14.9 Å². The van der Waals surface area contributed by atoms with Crippen LogP contribution in [0.4, 0.5) is 11.5 Å². The fourth-order valence-electron chi connectivity index (χ4n) is 2.45. The van der Waals surface area contributed by atoms with Gasteiger partial charge in [0.15, 0.2) is 6.20 Å². The molecule has 0 amide bonds. The molecule has 1 aromatic heterocycles. The van der Waals surface area contributed by atoms with E-state index in [1.165, 1.54) is 12.3 Å². The Morgan fingerprint density at radius 1 is 1.47 bits per heavy atom. The van der Waals surface area contributed by atoms with Crippen LogP contribution < -0.4 is 4.90 Å². The third kappa shape index (κ3) is 3.18. The van der Waals surface area contributed by atoms with Crippen LogP contribution in [-0.2, 0) is 4.79 Å².